The molecule has 1 heterocycles. The van der Waals surface area contributed by atoms with Gasteiger partial charge in [0.1, 0.15) is 5.75 Å². The van der Waals surface area contributed by atoms with Gasteiger partial charge in [0.2, 0.25) is 0 Å². The van der Waals surface area contributed by atoms with E-state index in [0.29, 0.717) is 9.23 Å². The maximum atomic E-state index is 12.6. The van der Waals surface area contributed by atoms with Gasteiger partial charge in [0, 0.05) is 4.47 Å². The Balaban J connectivity index is 1.81. The number of rotatable bonds is 4. The van der Waals surface area contributed by atoms with E-state index in [1.807, 2.05) is 42.5 Å². The van der Waals surface area contributed by atoms with Crippen molar-refractivity contribution < 1.29 is 9.53 Å². The lowest BCUT2D eigenvalue weighted by molar-refractivity contribution is -0.122. The molecule has 0 spiro atoms. The number of ether oxygens (including phenoxy) is 1. The molecule has 0 saturated carbocycles. The molecule has 1 amide bonds. The van der Waals surface area contributed by atoms with Crippen LogP contribution < -0.4 is 4.74 Å². The van der Waals surface area contributed by atoms with Gasteiger partial charge in [-0.2, -0.15) is 10.1 Å². The Morgan fingerprint density at radius 3 is 2.69 bits per heavy atom. The molecule has 1 saturated heterocycles. The zero-order chi connectivity index (χ0) is 18.7. The van der Waals surface area contributed by atoms with Crippen LogP contribution in [0.5, 0.6) is 5.75 Å². The lowest BCUT2D eigenvalue weighted by Crippen LogP contribution is -2.22. The van der Waals surface area contributed by atoms with E-state index in [9.17, 15) is 4.79 Å². The maximum absolute atomic E-state index is 12.6. The number of hydrazone groups is 1. The first kappa shape index (κ1) is 19.3. The van der Waals surface area contributed by atoms with Crippen LogP contribution in [0.15, 0.2) is 61.4 Å². The summed E-state index contributed by atoms with van der Waals surface area (Å²) in [5.74, 6) is 0.492. The number of carbonyl (C=O) groups is 1. The Kier molecular flexibility index (Phi) is 6.29. The summed E-state index contributed by atoms with van der Waals surface area (Å²) >= 11 is 13.4. The molecule has 0 N–H and O–H groups in total. The van der Waals surface area contributed by atoms with Crippen molar-refractivity contribution in [1.82, 2.24) is 5.01 Å². The highest BCUT2D eigenvalue weighted by Crippen LogP contribution is 2.34. The van der Waals surface area contributed by atoms with Gasteiger partial charge in [0.25, 0.3) is 5.91 Å². The third kappa shape index (κ3) is 4.43. The Morgan fingerprint density at radius 2 is 2.00 bits per heavy atom. The lowest BCUT2D eigenvalue weighted by Gasteiger charge is -2.06. The van der Waals surface area contributed by atoms with E-state index in [4.69, 9.17) is 17.0 Å². The summed E-state index contributed by atoms with van der Waals surface area (Å²) in [6.45, 7) is 0. The zero-order valence-electron chi connectivity index (χ0n) is 13.5. The van der Waals surface area contributed by atoms with Crippen molar-refractivity contribution in [2.45, 2.75) is 0 Å². The van der Waals surface area contributed by atoms with Gasteiger partial charge in [-0.25, -0.2) is 0 Å². The fraction of sp³-hybridized carbons (Fsp3) is 0.0556. The van der Waals surface area contributed by atoms with Crippen molar-refractivity contribution in [3.05, 3.63) is 67.4 Å². The molecule has 1 aliphatic rings. The second-order valence-electron chi connectivity index (χ2n) is 5.19. The van der Waals surface area contributed by atoms with Gasteiger partial charge in [-0.05, 0) is 69.6 Å². The summed E-state index contributed by atoms with van der Waals surface area (Å²) < 4.78 is 7.38. The molecule has 0 unspecified atom stereocenters. The minimum Gasteiger partial charge on any atom is -0.496 e. The molecule has 0 atom stereocenters. The summed E-state index contributed by atoms with van der Waals surface area (Å²) in [5.41, 5.74) is 1.74. The van der Waals surface area contributed by atoms with Crippen LogP contribution in [0.3, 0.4) is 0 Å². The zero-order valence-corrected chi connectivity index (χ0v) is 18.3. The number of carbonyl (C=O) groups excluding carboxylic acids is 1. The maximum Gasteiger partial charge on any atom is 0.286 e. The molecular weight excluding hydrogens is 500 g/mol. The van der Waals surface area contributed by atoms with E-state index in [1.165, 1.54) is 16.8 Å². The number of thiocarbonyl (C=S) groups is 1. The topological polar surface area (TPSA) is 41.9 Å². The highest BCUT2D eigenvalue weighted by Gasteiger charge is 2.32. The predicted octanol–water partition coefficient (Wildman–Crippen LogP) is 5.46. The smallest absolute Gasteiger partial charge is 0.286 e. The molecule has 0 aromatic heterocycles. The normalized spacial score (nSPS) is 16.1. The second-order valence-corrected chi connectivity index (χ2v) is 8.63. The first-order valence-corrected chi connectivity index (χ1v) is 10.2. The number of hydrogen-bond acceptors (Lipinski definition) is 5. The molecule has 0 bridgehead atoms. The fourth-order valence-corrected chi connectivity index (χ4v) is 4.34. The fourth-order valence-electron chi connectivity index (χ4n) is 2.19. The number of nitrogens with zero attached hydrogens (tertiary/aromatic N) is 2. The minimum absolute atomic E-state index is 0.238. The largest absolute Gasteiger partial charge is 0.496 e. The van der Waals surface area contributed by atoms with Gasteiger partial charge in [-0.15, -0.1) is 0 Å². The Hall–Kier alpha value is -1.48. The van der Waals surface area contributed by atoms with E-state index in [1.54, 1.807) is 19.4 Å². The molecule has 132 valence electrons. The van der Waals surface area contributed by atoms with Crippen LogP contribution in [-0.2, 0) is 4.79 Å². The van der Waals surface area contributed by atoms with Crippen molar-refractivity contribution in [2.75, 3.05) is 7.11 Å². The summed E-state index contributed by atoms with van der Waals surface area (Å²) in [6.07, 6.45) is 3.40. The summed E-state index contributed by atoms with van der Waals surface area (Å²) in [7, 11) is 1.61. The van der Waals surface area contributed by atoms with E-state index >= 15 is 0 Å². The molecule has 1 fully saturated rings. The molecule has 1 aliphatic heterocycles. The monoisotopic (exact) mass is 510 g/mol. The van der Waals surface area contributed by atoms with Gasteiger partial charge >= 0.3 is 0 Å². The third-order valence-corrected chi connectivity index (χ3v) is 5.81. The highest BCUT2D eigenvalue weighted by molar-refractivity contribution is 9.10. The molecule has 3 rings (SSSR count). The van der Waals surface area contributed by atoms with E-state index in [-0.39, 0.29) is 5.91 Å². The predicted molar refractivity (Wildman–Crippen MR) is 117 cm³/mol. The summed E-state index contributed by atoms with van der Waals surface area (Å²) in [6, 6.07) is 13.2. The molecule has 8 heteroatoms. The quantitative estimate of drug-likeness (QED) is 0.310. The summed E-state index contributed by atoms with van der Waals surface area (Å²) in [4.78, 5) is 13.1. The molecule has 0 aliphatic carbocycles. The number of hydrogen-bond donors (Lipinski definition) is 0. The van der Waals surface area contributed by atoms with Crippen molar-refractivity contribution in [3.63, 3.8) is 0 Å². The van der Waals surface area contributed by atoms with Crippen LogP contribution in [0.1, 0.15) is 11.1 Å². The number of benzene rings is 2. The number of amides is 1. The van der Waals surface area contributed by atoms with Crippen LogP contribution in [-0.4, -0.2) is 28.6 Å². The molecule has 2 aromatic carbocycles. The van der Waals surface area contributed by atoms with Crippen LogP contribution >= 0.6 is 55.8 Å². The van der Waals surface area contributed by atoms with Gasteiger partial charge in [-0.3, -0.25) is 4.79 Å². The molecule has 2 aromatic rings. The average molecular weight is 512 g/mol. The Labute approximate surface area is 177 Å². The van der Waals surface area contributed by atoms with Crippen LogP contribution in [0, 0.1) is 0 Å². The van der Waals surface area contributed by atoms with Gasteiger partial charge in [0.05, 0.1) is 22.7 Å². The van der Waals surface area contributed by atoms with E-state index in [2.05, 4.69) is 37.0 Å². The van der Waals surface area contributed by atoms with Gasteiger partial charge < -0.3 is 4.74 Å². The van der Waals surface area contributed by atoms with E-state index < -0.39 is 0 Å². The first-order valence-electron chi connectivity index (χ1n) is 7.39. The highest BCUT2D eigenvalue weighted by atomic mass is 79.9. The number of methoxy groups -OCH3 is 1. The summed E-state index contributed by atoms with van der Waals surface area (Å²) in [5, 5.41) is 5.48. The molecular formula is C18H12Br2N2O2S2. The van der Waals surface area contributed by atoms with Gasteiger partial charge in [0.15, 0.2) is 4.32 Å². The minimum atomic E-state index is -0.238. The van der Waals surface area contributed by atoms with Crippen LogP contribution in [0.25, 0.3) is 6.08 Å². The van der Waals surface area contributed by atoms with E-state index in [0.717, 1.165) is 25.8 Å². The number of halogens is 2. The second kappa shape index (κ2) is 8.47. The standard InChI is InChI=1S/C18H12Br2N2O2S2/c1-24-15-6-5-11(8-14(15)20)9-16-17(23)22(18(25)26-16)21-10-12-3-2-4-13(19)7-12/h2-10H,1H3. The molecule has 0 radical (unpaired) electrons. The molecule has 4 nitrogen and oxygen atoms in total. The van der Waals surface area contributed by atoms with Crippen molar-refractivity contribution >= 4 is 78.4 Å². The van der Waals surface area contributed by atoms with Crippen molar-refractivity contribution in [1.29, 1.82) is 0 Å². The third-order valence-electron chi connectivity index (χ3n) is 3.42. The molecule has 26 heavy (non-hydrogen) atoms. The first-order chi connectivity index (χ1) is 12.5. The number of thioether (sulfide) groups is 1. The SMILES string of the molecule is COc1ccc(C=C2SC(=S)N(N=Cc3cccc(Br)c3)C2=O)cc1Br. The Bertz CT molecular complexity index is 945. The lowest BCUT2D eigenvalue weighted by atomic mass is 10.2. The Morgan fingerprint density at radius 1 is 1.19 bits per heavy atom. The van der Waals surface area contributed by atoms with Crippen molar-refractivity contribution in [3.8, 4) is 5.75 Å². The van der Waals surface area contributed by atoms with Crippen LogP contribution in [0.2, 0.25) is 0 Å². The van der Waals surface area contributed by atoms with Gasteiger partial charge in [-0.1, -0.05) is 45.9 Å². The van der Waals surface area contributed by atoms with Crippen LogP contribution in [0.4, 0.5) is 0 Å². The average Bonchev–Trinajstić information content (AvgIpc) is 2.87. The van der Waals surface area contributed by atoms with Crippen molar-refractivity contribution in [2.24, 2.45) is 5.10 Å².